The molecule has 5 fully saturated rings. The summed E-state index contributed by atoms with van der Waals surface area (Å²) in [6, 6.07) is 16.5. The molecular formula is C57H68N10O13S. The van der Waals surface area contributed by atoms with Crippen LogP contribution in [0.15, 0.2) is 67.1 Å². The molecule has 6 aliphatic rings. The van der Waals surface area contributed by atoms with Gasteiger partial charge in [0.05, 0.1) is 47.2 Å². The Morgan fingerprint density at radius 2 is 1.68 bits per heavy atom. The Morgan fingerprint density at radius 3 is 2.43 bits per heavy atom. The van der Waals surface area contributed by atoms with Gasteiger partial charge in [-0.05, 0) is 123 Å². The summed E-state index contributed by atoms with van der Waals surface area (Å²) in [5.41, 5.74) is 9.87. The van der Waals surface area contributed by atoms with E-state index in [-0.39, 0.29) is 65.6 Å². The number of para-hydroxylation sites is 1. The van der Waals surface area contributed by atoms with Gasteiger partial charge in [0.1, 0.15) is 36.5 Å². The predicted molar refractivity (Wildman–Crippen MR) is 295 cm³/mol. The molecule has 0 radical (unpaired) electrons. The normalized spacial score (nSPS) is 27.5. The molecule has 24 heteroatoms. The largest absolute Gasteiger partial charge is 0.479 e. The fourth-order valence-electron chi connectivity index (χ4n) is 14.4. The van der Waals surface area contributed by atoms with E-state index in [0.29, 0.717) is 65.9 Å². The number of carbonyl (C=O) groups is 4. The van der Waals surface area contributed by atoms with Crippen molar-refractivity contribution < 1.29 is 63.7 Å². The lowest BCUT2D eigenvalue weighted by atomic mass is 9.39. The number of nitrogens with one attached hydrogen (secondary N) is 2. The topological polar surface area (TPSA) is 321 Å². The summed E-state index contributed by atoms with van der Waals surface area (Å²) in [5, 5.41) is 62.6. The Morgan fingerprint density at radius 1 is 0.889 bits per heavy atom. The summed E-state index contributed by atoms with van der Waals surface area (Å²) < 4.78 is 28.7. The Bertz CT molecular complexity index is 3330. The molecule has 4 aromatic heterocycles. The highest BCUT2D eigenvalue weighted by Gasteiger charge is 2.66. The van der Waals surface area contributed by atoms with Crippen molar-refractivity contribution in [3.05, 3.63) is 101 Å². The van der Waals surface area contributed by atoms with Crippen LogP contribution in [-0.2, 0) is 51.7 Å². The van der Waals surface area contributed by atoms with E-state index in [1.807, 2.05) is 57.5 Å². The smallest absolute Gasteiger partial charge is 0.407 e. The van der Waals surface area contributed by atoms with Crippen LogP contribution in [0.3, 0.4) is 0 Å². The van der Waals surface area contributed by atoms with E-state index in [4.69, 9.17) is 34.8 Å². The minimum absolute atomic E-state index is 0.00597. The number of aromatic carboxylic acids is 1. The molecule has 430 valence electrons. The lowest BCUT2D eigenvalue weighted by molar-refractivity contribution is -0.271. The van der Waals surface area contributed by atoms with Crippen LogP contribution in [0.1, 0.15) is 109 Å². The molecule has 6 heterocycles. The number of unbranched alkanes of at least 4 members (excludes halogenated alkanes) is 1. The van der Waals surface area contributed by atoms with Crippen molar-refractivity contribution in [2.45, 2.75) is 141 Å². The molecule has 2 unspecified atom stereocenters. The number of ether oxygens (including phenoxy) is 4. The van der Waals surface area contributed by atoms with Gasteiger partial charge in [-0.15, -0.1) is 0 Å². The van der Waals surface area contributed by atoms with Crippen molar-refractivity contribution in [2.75, 3.05) is 36.5 Å². The molecule has 4 bridgehead atoms. The van der Waals surface area contributed by atoms with Gasteiger partial charge in [0.15, 0.2) is 22.6 Å². The molecule has 1 saturated heterocycles. The Balaban J connectivity index is 0.729. The zero-order valence-corrected chi connectivity index (χ0v) is 46.2. The van der Waals surface area contributed by atoms with E-state index < -0.39 is 54.3 Å². The monoisotopic (exact) mass is 1130 g/mol. The summed E-state index contributed by atoms with van der Waals surface area (Å²) >= 11 is 1.38. The lowest BCUT2D eigenvalue weighted by Gasteiger charge is -2.69. The van der Waals surface area contributed by atoms with Crippen LogP contribution in [0.25, 0.3) is 21.3 Å². The first-order chi connectivity index (χ1) is 38.7. The van der Waals surface area contributed by atoms with Crippen molar-refractivity contribution in [3.63, 3.8) is 0 Å². The third kappa shape index (κ3) is 11.3. The minimum atomic E-state index is -1.89. The van der Waals surface area contributed by atoms with Crippen molar-refractivity contribution in [1.82, 2.24) is 34.6 Å². The number of aliphatic hydroxyl groups excluding tert-OH is 3. The average Bonchev–Trinajstić information content (AvgIpc) is 1.90. The highest BCUT2D eigenvalue weighted by Crippen LogP contribution is 2.72. The summed E-state index contributed by atoms with van der Waals surface area (Å²) in [7, 11) is 0. The summed E-state index contributed by atoms with van der Waals surface area (Å²) in [6.45, 7) is 9.24. The number of aryl methyl sites for hydroxylation is 1. The number of alkyl carbamates (subject to hydrolysis) is 1. The number of rotatable bonds is 20. The van der Waals surface area contributed by atoms with E-state index in [2.05, 4.69) is 34.4 Å². The van der Waals surface area contributed by atoms with Gasteiger partial charge in [0.2, 0.25) is 6.29 Å². The first-order valence-corrected chi connectivity index (χ1v) is 28.2. The van der Waals surface area contributed by atoms with Crippen LogP contribution >= 0.6 is 11.3 Å². The maximum atomic E-state index is 13.5. The Hall–Kier alpha value is -7.06. The van der Waals surface area contributed by atoms with Crippen LogP contribution < -0.4 is 26.0 Å². The summed E-state index contributed by atoms with van der Waals surface area (Å²) in [5.74, 6) is -2.50. The van der Waals surface area contributed by atoms with Crippen LogP contribution in [0, 0.1) is 23.2 Å². The standard InChI is InChI=1S/C57H68N10O13S/c1-32-36(35-13-14-41(63-42(35)49(72)73)65-17-18-66-31-60-43(38(66)22-65)48(71)64-52-62-37-9-4-5-10-40(37)81-52)21-61-67(32)30-56-25-54(2)24-55(3,26-56)28-57(27-54,29-56)78-19-16-59-53(76)77-23-34-12-11-33(8-6-7-15-58)20-39(34)79-51-46(70)44(68)45(69)47(80-51)50(74)75/h4-5,9-14,20-21,31,44-47,51,68-70H,6-8,15-19,22-30,58H2,1-3H3,(H,59,76)(H,72,73)(H,74,75)(H,62,64,71)/t44-,45-,46+,47-,51+,54?,55?,56?,57?/m0/s1. The Labute approximate surface area is 470 Å². The van der Waals surface area contributed by atoms with Crippen LogP contribution in [0.5, 0.6) is 5.75 Å². The molecule has 2 amide bonds. The van der Waals surface area contributed by atoms with Crippen molar-refractivity contribution in [1.29, 1.82) is 0 Å². The number of aliphatic carboxylic acids is 1. The van der Waals surface area contributed by atoms with Gasteiger partial charge in [-0.1, -0.05) is 49.4 Å². The SMILES string of the molecule is Cc1c(-c2ccc(N3CCn4cnc(C(=O)Nc5nc6ccccc6s5)c4C3)nc2C(=O)O)cnn1CC12CC3(C)CC(C)(C1)CC(OCCNC(=O)OCc1ccc(CCCCN)cc1O[C@@H]1O[C@H](C(=O)O)[C@@H](O)[C@H](O)[C@H]1O)(C3)C2. The van der Waals surface area contributed by atoms with Gasteiger partial charge in [-0.3, -0.25) is 14.8 Å². The maximum absolute atomic E-state index is 13.5. The Kier molecular flexibility index (Phi) is 15.2. The number of pyridine rings is 1. The zero-order chi connectivity index (χ0) is 57.0. The zero-order valence-electron chi connectivity index (χ0n) is 45.4. The molecular weight excluding hydrogens is 1060 g/mol. The van der Waals surface area contributed by atoms with E-state index in [1.165, 1.54) is 11.3 Å². The number of carboxylic acids is 2. The van der Waals surface area contributed by atoms with Gasteiger partial charge in [-0.25, -0.2) is 29.3 Å². The van der Waals surface area contributed by atoms with Crippen LogP contribution in [0.4, 0.5) is 15.7 Å². The third-order valence-electron chi connectivity index (χ3n) is 16.8. The van der Waals surface area contributed by atoms with Gasteiger partial charge < -0.3 is 65.0 Å². The second kappa shape index (κ2) is 22.0. The second-order valence-electron chi connectivity index (χ2n) is 23.5. The number of fused-ring (bicyclic) bond motifs is 2. The number of anilines is 2. The number of benzene rings is 2. The molecule has 9 N–H and O–H groups in total. The van der Waals surface area contributed by atoms with E-state index >= 15 is 0 Å². The molecule has 2 aromatic carbocycles. The maximum Gasteiger partial charge on any atom is 0.407 e. The number of thiazole rings is 1. The first-order valence-electron chi connectivity index (χ1n) is 27.4. The average molecular weight is 1130 g/mol. The predicted octanol–water partition coefficient (Wildman–Crippen LogP) is 5.65. The number of nitrogens with two attached hydrogens (primary N) is 1. The number of carboxylic acid groups (broad SMARTS) is 2. The number of imidazole rings is 1. The number of aliphatic hydroxyl groups is 3. The molecule has 12 rings (SSSR count). The second-order valence-corrected chi connectivity index (χ2v) is 24.6. The molecule has 81 heavy (non-hydrogen) atoms. The molecule has 7 atom stereocenters. The number of hydrogen-bond acceptors (Lipinski definition) is 18. The van der Waals surface area contributed by atoms with Gasteiger partial charge in [0.25, 0.3) is 5.91 Å². The lowest BCUT2D eigenvalue weighted by Crippen LogP contribution is -2.64. The third-order valence-corrected chi connectivity index (χ3v) is 17.8. The first kappa shape index (κ1) is 55.8. The quantitative estimate of drug-likeness (QED) is 0.0429. The number of nitrogens with zero attached hydrogens (tertiary/aromatic N) is 7. The van der Waals surface area contributed by atoms with E-state index in [1.54, 1.807) is 30.7 Å². The molecule has 4 aliphatic carbocycles. The van der Waals surface area contributed by atoms with Gasteiger partial charge in [0, 0.05) is 48.6 Å². The van der Waals surface area contributed by atoms with Crippen molar-refractivity contribution in [2.24, 2.45) is 22.0 Å². The summed E-state index contributed by atoms with van der Waals surface area (Å²) in [4.78, 5) is 67.2. The number of aromatic nitrogens is 6. The van der Waals surface area contributed by atoms with Crippen LogP contribution in [0.2, 0.25) is 0 Å². The number of amides is 2. The molecule has 0 spiro atoms. The molecule has 2 aliphatic heterocycles. The number of hydrogen-bond donors (Lipinski definition) is 8. The van der Waals surface area contributed by atoms with E-state index in [0.717, 1.165) is 72.8 Å². The highest BCUT2D eigenvalue weighted by molar-refractivity contribution is 7.22. The van der Waals surface area contributed by atoms with Crippen molar-refractivity contribution >= 4 is 56.4 Å². The molecule has 4 saturated carbocycles. The van der Waals surface area contributed by atoms with Gasteiger partial charge >= 0.3 is 18.0 Å². The van der Waals surface area contributed by atoms with E-state index in [9.17, 15) is 44.7 Å². The number of carbonyl (C=O) groups excluding carboxylic acids is 2. The van der Waals surface area contributed by atoms with Crippen LogP contribution in [-0.4, -0.2) is 141 Å². The highest BCUT2D eigenvalue weighted by atomic mass is 32.1. The fraction of sp³-hybridized carbons (Fsp3) is 0.509. The molecule has 23 nitrogen and oxygen atoms in total. The van der Waals surface area contributed by atoms with Crippen molar-refractivity contribution in [3.8, 4) is 16.9 Å². The van der Waals surface area contributed by atoms with Gasteiger partial charge in [-0.2, -0.15) is 5.10 Å². The summed E-state index contributed by atoms with van der Waals surface area (Å²) in [6.07, 6.45) is 1.33. The molecule has 6 aromatic rings. The minimum Gasteiger partial charge on any atom is -0.479 e. The fourth-order valence-corrected chi connectivity index (χ4v) is 15.3.